The summed E-state index contributed by atoms with van der Waals surface area (Å²) in [5, 5.41) is 2.87. The smallest absolute Gasteiger partial charge is 0.0588 e. The van der Waals surface area contributed by atoms with Crippen molar-refractivity contribution in [3.8, 4) is 0 Å². The fourth-order valence-corrected chi connectivity index (χ4v) is 1.72. The summed E-state index contributed by atoms with van der Waals surface area (Å²) in [5.74, 6) is 0. The number of benzene rings is 1. The molecule has 1 aromatic rings. The molecule has 14 heavy (non-hydrogen) atoms. The Bertz CT molecular complexity index is 360. The molecule has 0 radical (unpaired) electrons. The van der Waals surface area contributed by atoms with Gasteiger partial charge < -0.3 is 5.01 Å². The van der Waals surface area contributed by atoms with E-state index >= 15 is 0 Å². The Hall–Kier alpha value is -0.990. The Kier molecular flexibility index (Phi) is 2.75. The Morgan fingerprint density at radius 1 is 1.50 bits per heavy atom. The van der Waals surface area contributed by atoms with E-state index in [2.05, 4.69) is 36.6 Å². The van der Waals surface area contributed by atoms with E-state index in [9.17, 15) is 0 Å². The van der Waals surface area contributed by atoms with Crippen molar-refractivity contribution in [2.45, 2.75) is 13.5 Å². The van der Waals surface area contributed by atoms with Crippen molar-refractivity contribution in [3.63, 3.8) is 0 Å². The molecule has 1 aliphatic heterocycles. The highest BCUT2D eigenvalue weighted by molar-refractivity contribution is 6.29. The van der Waals surface area contributed by atoms with Gasteiger partial charge in [0.25, 0.3) is 0 Å². The molecule has 0 bridgehead atoms. The van der Waals surface area contributed by atoms with Gasteiger partial charge in [0.05, 0.1) is 18.1 Å². The van der Waals surface area contributed by atoms with Crippen LogP contribution in [-0.2, 0) is 6.54 Å². The molecule has 0 atom stereocenters. The van der Waals surface area contributed by atoms with Crippen molar-refractivity contribution in [1.29, 1.82) is 0 Å². The largest absolute Gasteiger partial charge is 0.310 e. The molecular weight excluding hydrogens is 196 g/mol. The number of hydrogen-bond donors (Lipinski definition) is 1. The van der Waals surface area contributed by atoms with E-state index in [1.165, 1.54) is 11.1 Å². The number of aryl methyl sites for hydroxylation is 1. The molecule has 1 aromatic carbocycles. The molecule has 0 aliphatic carbocycles. The molecule has 1 heterocycles. The maximum atomic E-state index is 5.86. The maximum absolute atomic E-state index is 5.86. The molecule has 0 aromatic heterocycles. The zero-order valence-corrected chi connectivity index (χ0v) is 8.88. The van der Waals surface area contributed by atoms with Crippen molar-refractivity contribution in [2.24, 2.45) is 0 Å². The topological polar surface area (TPSA) is 15.3 Å². The third kappa shape index (κ3) is 2.28. The quantitative estimate of drug-likeness (QED) is 0.803. The Morgan fingerprint density at radius 3 is 3.00 bits per heavy atom. The summed E-state index contributed by atoms with van der Waals surface area (Å²) in [7, 11) is 0. The van der Waals surface area contributed by atoms with Crippen molar-refractivity contribution in [2.75, 3.05) is 6.54 Å². The van der Waals surface area contributed by atoms with Crippen LogP contribution < -0.4 is 5.43 Å². The zero-order chi connectivity index (χ0) is 9.97. The van der Waals surface area contributed by atoms with Gasteiger partial charge in [-0.1, -0.05) is 41.4 Å². The van der Waals surface area contributed by atoms with E-state index in [4.69, 9.17) is 11.6 Å². The van der Waals surface area contributed by atoms with Gasteiger partial charge in [0.1, 0.15) is 0 Å². The third-order valence-electron chi connectivity index (χ3n) is 2.18. The molecule has 74 valence electrons. The second-order valence-electron chi connectivity index (χ2n) is 3.53. The van der Waals surface area contributed by atoms with Gasteiger partial charge in [0.15, 0.2) is 0 Å². The SMILES string of the molecule is Cc1cccc(CN2C=C(Cl)CN2)c1. The minimum atomic E-state index is 0.743. The minimum absolute atomic E-state index is 0.743. The van der Waals surface area contributed by atoms with Gasteiger partial charge in [-0.15, -0.1) is 0 Å². The highest BCUT2D eigenvalue weighted by Crippen LogP contribution is 2.12. The minimum Gasteiger partial charge on any atom is -0.310 e. The van der Waals surface area contributed by atoms with Crippen molar-refractivity contribution >= 4 is 11.6 Å². The van der Waals surface area contributed by atoms with Crippen LogP contribution in [0.15, 0.2) is 35.5 Å². The van der Waals surface area contributed by atoms with Crippen LogP contribution in [0.4, 0.5) is 0 Å². The lowest BCUT2D eigenvalue weighted by Gasteiger charge is -2.15. The zero-order valence-electron chi connectivity index (χ0n) is 8.13. The summed E-state index contributed by atoms with van der Waals surface area (Å²) in [6.45, 7) is 3.70. The van der Waals surface area contributed by atoms with Gasteiger partial charge >= 0.3 is 0 Å². The lowest BCUT2D eigenvalue weighted by atomic mass is 10.1. The Balaban J connectivity index is 2.04. The van der Waals surface area contributed by atoms with E-state index in [0.717, 1.165) is 18.1 Å². The lowest BCUT2D eigenvalue weighted by molar-refractivity contribution is 0.298. The summed E-state index contributed by atoms with van der Waals surface area (Å²) in [5.41, 5.74) is 5.76. The molecular formula is C11H13ClN2. The highest BCUT2D eigenvalue weighted by atomic mass is 35.5. The van der Waals surface area contributed by atoms with Gasteiger partial charge in [-0.3, -0.25) is 0 Å². The van der Waals surface area contributed by atoms with Crippen LogP contribution in [0.2, 0.25) is 0 Å². The normalized spacial score (nSPS) is 15.9. The number of hydrazine groups is 1. The van der Waals surface area contributed by atoms with Crippen LogP contribution in [0, 0.1) is 6.92 Å². The first-order valence-corrected chi connectivity index (χ1v) is 5.04. The van der Waals surface area contributed by atoms with Gasteiger partial charge in [-0.2, -0.15) is 0 Å². The number of rotatable bonds is 2. The molecule has 2 nitrogen and oxygen atoms in total. The standard InChI is InChI=1S/C11H13ClN2/c1-9-3-2-4-10(5-9)7-14-8-11(12)6-13-14/h2-5,8,13H,6-7H2,1H3. The van der Waals surface area contributed by atoms with Gasteiger partial charge in [0.2, 0.25) is 0 Å². The van der Waals surface area contributed by atoms with Crippen molar-refractivity contribution in [1.82, 2.24) is 10.4 Å². The predicted molar refractivity (Wildman–Crippen MR) is 58.7 cm³/mol. The van der Waals surface area contributed by atoms with E-state index in [1.54, 1.807) is 0 Å². The fraction of sp³-hybridized carbons (Fsp3) is 0.273. The van der Waals surface area contributed by atoms with Crippen LogP contribution in [0.3, 0.4) is 0 Å². The first-order chi connectivity index (χ1) is 6.74. The molecule has 0 fully saturated rings. The summed E-state index contributed by atoms with van der Waals surface area (Å²) in [6, 6.07) is 8.48. The van der Waals surface area contributed by atoms with Gasteiger partial charge in [0, 0.05) is 6.20 Å². The van der Waals surface area contributed by atoms with Crippen LogP contribution in [0.25, 0.3) is 0 Å². The predicted octanol–water partition coefficient (Wildman–Crippen LogP) is 2.40. The number of halogens is 1. The van der Waals surface area contributed by atoms with Crippen LogP contribution in [0.5, 0.6) is 0 Å². The number of nitrogens with zero attached hydrogens (tertiary/aromatic N) is 1. The molecule has 0 amide bonds. The van der Waals surface area contributed by atoms with E-state index < -0.39 is 0 Å². The van der Waals surface area contributed by atoms with Crippen LogP contribution in [-0.4, -0.2) is 11.6 Å². The Labute approximate surface area is 89.1 Å². The van der Waals surface area contributed by atoms with E-state index in [-0.39, 0.29) is 0 Å². The maximum Gasteiger partial charge on any atom is 0.0588 e. The molecule has 0 saturated carbocycles. The summed E-state index contributed by atoms with van der Waals surface area (Å²) in [4.78, 5) is 0. The van der Waals surface area contributed by atoms with Crippen LogP contribution in [0.1, 0.15) is 11.1 Å². The molecule has 1 N–H and O–H groups in total. The molecule has 1 aliphatic rings. The molecule has 0 unspecified atom stereocenters. The molecule has 3 heteroatoms. The second-order valence-corrected chi connectivity index (χ2v) is 4.01. The average Bonchev–Trinajstić information content (AvgIpc) is 2.51. The molecule has 0 saturated heterocycles. The first-order valence-electron chi connectivity index (χ1n) is 4.66. The third-order valence-corrected chi connectivity index (χ3v) is 2.41. The van der Waals surface area contributed by atoms with Crippen LogP contribution >= 0.6 is 11.6 Å². The monoisotopic (exact) mass is 208 g/mol. The van der Waals surface area contributed by atoms with Gasteiger partial charge in [-0.05, 0) is 12.5 Å². The second kappa shape index (κ2) is 4.03. The Morgan fingerprint density at radius 2 is 2.36 bits per heavy atom. The van der Waals surface area contributed by atoms with Crippen molar-refractivity contribution < 1.29 is 0 Å². The highest BCUT2D eigenvalue weighted by Gasteiger charge is 2.09. The summed E-state index contributed by atoms with van der Waals surface area (Å²) in [6.07, 6.45) is 1.93. The number of hydrogen-bond acceptors (Lipinski definition) is 2. The van der Waals surface area contributed by atoms with Crippen molar-refractivity contribution in [3.05, 3.63) is 46.6 Å². The van der Waals surface area contributed by atoms with E-state index in [0.29, 0.717) is 0 Å². The van der Waals surface area contributed by atoms with Gasteiger partial charge in [-0.25, -0.2) is 5.43 Å². The molecule has 0 spiro atoms. The fourth-order valence-electron chi connectivity index (χ4n) is 1.55. The summed E-state index contributed by atoms with van der Waals surface area (Å²) < 4.78 is 0. The summed E-state index contributed by atoms with van der Waals surface area (Å²) >= 11 is 5.86. The lowest BCUT2D eigenvalue weighted by Crippen LogP contribution is -2.28. The first kappa shape index (κ1) is 9.56. The average molecular weight is 209 g/mol. The van der Waals surface area contributed by atoms with E-state index in [1.807, 2.05) is 11.2 Å². The molecule has 2 rings (SSSR count). The number of nitrogens with one attached hydrogen (secondary N) is 1.